The summed E-state index contributed by atoms with van der Waals surface area (Å²) in [6, 6.07) is 17.7. The zero-order valence-electron chi connectivity index (χ0n) is 17.7. The Morgan fingerprint density at radius 2 is 1.90 bits per heavy atom. The van der Waals surface area contributed by atoms with Crippen LogP contribution in [0.15, 0.2) is 60.8 Å². The van der Waals surface area contributed by atoms with Crippen LogP contribution in [0.2, 0.25) is 0 Å². The number of para-hydroxylation sites is 1. The lowest BCUT2D eigenvalue weighted by molar-refractivity contribution is 0.147. The van der Waals surface area contributed by atoms with E-state index in [1.165, 1.54) is 0 Å². The number of ether oxygens (including phenoxy) is 2. The van der Waals surface area contributed by atoms with E-state index in [0.29, 0.717) is 31.5 Å². The van der Waals surface area contributed by atoms with Crippen LogP contribution in [-0.2, 0) is 4.74 Å². The number of fused-ring (bicyclic) bond motifs is 1. The molecule has 8 nitrogen and oxygen atoms in total. The standard InChI is InChI=1S/C23H26N6O2/c1-3-31-14-8-13-24-23-27-21(26-17-9-7-12-19(15-17)30-2)20-16-25-29(22(20)28-23)18-10-5-4-6-11-18/h4-7,9-12,15-16H,3,8,13-14H2,1-2H3,(H2,24,26,27,28). The normalized spacial score (nSPS) is 10.9. The third kappa shape index (κ3) is 4.92. The molecule has 0 aliphatic rings. The first kappa shape index (κ1) is 20.6. The first-order valence-corrected chi connectivity index (χ1v) is 10.3. The van der Waals surface area contributed by atoms with Gasteiger partial charge in [0.05, 0.1) is 24.4 Å². The Kier molecular flexibility index (Phi) is 6.59. The average molecular weight is 419 g/mol. The van der Waals surface area contributed by atoms with Crippen molar-refractivity contribution in [3.63, 3.8) is 0 Å². The number of nitrogens with zero attached hydrogens (tertiary/aromatic N) is 4. The maximum absolute atomic E-state index is 5.41. The summed E-state index contributed by atoms with van der Waals surface area (Å²) in [6.07, 6.45) is 2.65. The molecule has 0 aliphatic heterocycles. The summed E-state index contributed by atoms with van der Waals surface area (Å²) in [5.41, 5.74) is 2.53. The predicted molar refractivity (Wildman–Crippen MR) is 123 cm³/mol. The van der Waals surface area contributed by atoms with E-state index < -0.39 is 0 Å². The molecule has 8 heteroatoms. The molecule has 2 heterocycles. The summed E-state index contributed by atoms with van der Waals surface area (Å²) < 4.78 is 12.6. The first-order valence-electron chi connectivity index (χ1n) is 10.3. The van der Waals surface area contributed by atoms with Gasteiger partial charge in [0, 0.05) is 31.5 Å². The molecule has 31 heavy (non-hydrogen) atoms. The molecule has 0 radical (unpaired) electrons. The number of anilines is 3. The van der Waals surface area contributed by atoms with Crippen molar-refractivity contribution in [2.45, 2.75) is 13.3 Å². The van der Waals surface area contributed by atoms with Crippen LogP contribution in [0, 0.1) is 0 Å². The van der Waals surface area contributed by atoms with E-state index in [1.54, 1.807) is 13.3 Å². The van der Waals surface area contributed by atoms with Crippen LogP contribution in [0.4, 0.5) is 17.5 Å². The molecule has 0 amide bonds. The van der Waals surface area contributed by atoms with Gasteiger partial charge < -0.3 is 20.1 Å². The van der Waals surface area contributed by atoms with Crippen LogP contribution in [-0.4, -0.2) is 46.6 Å². The molecule has 160 valence electrons. The van der Waals surface area contributed by atoms with Crippen LogP contribution in [0.5, 0.6) is 5.75 Å². The molecule has 4 rings (SSSR count). The van der Waals surface area contributed by atoms with Crippen molar-refractivity contribution < 1.29 is 9.47 Å². The number of rotatable bonds is 10. The zero-order chi connectivity index (χ0) is 21.5. The number of nitrogens with one attached hydrogen (secondary N) is 2. The summed E-state index contributed by atoms with van der Waals surface area (Å²) in [5.74, 6) is 1.98. The van der Waals surface area contributed by atoms with Crippen LogP contribution in [0.25, 0.3) is 16.7 Å². The fraction of sp³-hybridized carbons (Fsp3) is 0.261. The van der Waals surface area contributed by atoms with Crippen LogP contribution >= 0.6 is 0 Å². The van der Waals surface area contributed by atoms with Gasteiger partial charge in [0.25, 0.3) is 0 Å². The summed E-state index contributed by atoms with van der Waals surface area (Å²) >= 11 is 0. The topological polar surface area (TPSA) is 86.1 Å². The smallest absolute Gasteiger partial charge is 0.226 e. The second-order valence-corrected chi connectivity index (χ2v) is 6.86. The number of hydrogen-bond donors (Lipinski definition) is 2. The van der Waals surface area contributed by atoms with E-state index in [-0.39, 0.29) is 0 Å². The SMILES string of the molecule is CCOCCCNc1nc(Nc2cccc(OC)c2)c2cnn(-c3ccccc3)c2n1. The minimum Gasteiger partial charge on any atom is -0.497 e. The van der Waals surface area contributed by atoms with Gasteiger partial charge in [0.15, 0.2) is 5.65 Å². The third-order valence-corrected chi connectivity index (χ3v) is 4.71. The van der Waals surface area contributed by atoms with Gasteiger partial charge in [0.1, 0.15) is 11.6 Å². The Hall–Kier alpha value is -3.65. The highest BCUT2D eigenvalue weighted by Gasteiger charge is 2.14. The minimum absolute atomic E-state index is 0.534. The summed E-state index contributed by atoms with van der Waals surface area (Å²) in [5, 5.41) is 12.1. The highest BCUT2D eigenvalue weighted by molar-refractivity contribution is 5.90. The van der Waals surface area contributed by atoms with Gasteiger partial charge in [-0.3, -0.25) is 0 Å². The van der Waals surface area contributed by atoms with Crippen molar-refractivity contribution in [2.24, 2.45) is 0 Å². The molecule has 0 saturated carbocycles. The lowest BCUT2D eigenvalue weighted by Crippen LogP contribution is -2.10. The van der Waals surface area contributed by atoms with E-state index in [4.69, 9.17) is 19.4 Å². The number of aromatic nitrogens is 4. The van der Waals surface area contributed by atoms with Gasteiger partial charge in [-0.15, -0.1) is 0 Å². The molecular formula is C23H26N6O2. The molecule has 0 saturated heterocycles. The van der Waals surface area contributed by atoms with Gasteiger partial charge in [0.2, 0.25) is 5.95 Å². The maximum atomic E-state index is 5.41. The monoisotopic (exact) mass is 418 g/mol. The molecule has 0 fully saturated rings. The van der Waals surface area contributed by atoms with E-state index in [0.717, 1.165) is 34.6 Å². The summed E-state index contributed by atoms with van der Waals surface area (Å²) in [4.78, 5) is 9.45. The fourth-order valence-electron chi connectivity index (χ4n) is 3.20. The maximum Gasteiger partial charge on any atom is 0.226 e. The molecule has 2 aromatic heterocycles. The summed E-state index contributed by atoms with van der Waals surface area (Å²) in [7, 11) is 1.65. The van der Waals surface area contributed by atoms with Crippen LogP contribution in [0.3, 0.4) is 0 Å². The van der Waals surface area contributed by atoms with E-state index in [2.05, 4.69) is 15.7 Å². The Bertz CT molecular complexity index is 1130. The van der Waals surface area contributed by atoms with Crippen molar-refractivity contribution in [1.82, 2.24) is 19.7 Å². The van der Waals surface area contributed by atoms with Gasteiger partial charge >= 0.3 is 0 Å². The highest BCUT2D eigenvalue weighted by Crippen LogP contribution is 2.28. The van der Waals surface area contributed by atoms with Crippen molar-refractivity contribution in [3.8, 4) is 11.4 Å². The van der Waals surface area contributed by atoms with Gasteiger partial charge in [-0.1, -0.05) is 24.3 Å². The van der Waals surface area contributed by atoms with E-state index in [9.17, 15) is 0 Å². The van der Waals surface area contributed by atoms with Crippen molar-refractivity contribution in [3.05, 3.63) is 60.8 Å². The predicted octanol–water partition coefficient (Wildman–Crippen LogP) is 4.41. The Labute approximate surface area is 181 Å². The average Bonchev–Trinajstić information content (AvgIpc) is 3.24. The Morgan fingerprint density at radius 1 is 1.03 bits per heavy atom. The molecule has 0 spiro atoms. The second kappa shape index (κ2) is 9.90. The van der Waals surface area contributed by atoms with Gasteiger partial charge in [-0.05, 0) is 37.6 Å². The molecule has 2 N–H and O–H groups in total. The molecular weight excluding hydrogens is 392 g/mol. The first-order chi connectivity index (χ1) is 15.3. The molecule has 0 bridgehead atoms. The largest absolute Gasteiger partial charge is 0.497 e. The quantitative estimate of drug-likeness (QED) is 0.369. The Balaban J connectivity index is 1.69. The van der Waals surface area contributed by atoms with Gasteiger partial charge in [-0.25, -0.2) is 4.68 Å². The number of hydrogen-bond acceptors (Lipinski definition) is 7. The molecule has 2 aromatic carbocycles. The molecule has 0 aliphatic carbocycles. The third-order valence-electron chi connectivity index (χ3n) is 4.71. The molecule has 0 atom stereocenters. The van der Waals surface area contributed by atoms with Crippen LogP contribution < -0.4 is 15.4 Å². The lowest BCUT2D eigenvalue weighted by atomic mass is 10.3. The van der Waals surface area contributed by atoms with E-state index in [1.807, 2.05) is 66.2 Å². The van der Waals surface area contributed by atoms with E-state index >= 15 is 0 Å². The Morgan fingerprint density at radius 3 is 2.71 bits per heavy atom. The van der Waals surface area contributed by atoms with Crippen molar-refractivity contribution in [1.29, 1.82) is 0 Å². The van der Waals surface area contributed by atoms with Gasteiger partial charge in [-0.2, -0.15) is 15.1 Å². The van der Waals surface area contributed by atoms with Crippen molar-refractivity contribution in [2.75, 3.05) is 37.5 Å². The number of benzene rings is 2. The number of methoxy groups -OCH3 is 1. The second-order valence-electron chi connectivity index (χ2n) is 6.86. The minimum atomic E-state index is 0.534. The lowest BCUT2D eigenvalue weighted by Gasteiger charge is -2.12. The summed E-state index contributed by atoms with van der Waals surface area (Å²) in [6.45, 7) is 4.12. The fourth-order valence-corrected chi connectivity index (χ4v) is 3.20. The van der Waals surface area contributed by atoms with Crippen molar-refractivity contribution >= 4 is 28.5 Å². The molecule has 4 aromatic rings. The highest BCUT2D eigenvalue weighted by atomic mass is 16.5. The van der Waals surface area contributed by atoms with Crippen LogP contribution in [0.1, 0.15) is 13.3 Å². The zero-order valence-corrected chi connectivity index (χ0v) is 17.7. The molecule has 0 unspecified atom stereocenters.